The highest BCUT2D eigenvalue weighted by atomic mass is 32.2. The van der Waals surface area contributed by atoms with Crippen molar-refractivity contribution in [1.82, 2.24) is 9.97 Å². The van der Waals surface area contributed by atoms with E-state index in [1.165, 1.54) is 0 Å². The van der Waals surface area contributed by atoms with Crippen LogP contribution in [0.3, 0.4) is 0 Å². The summed E-state index contributed by atoms with van der Waals surface area (Å²) in [4.78, 5) is 8.01. The van der Waals surface area contributed by atoms with Crippen molar-refractivity contribution in [2.75, 3.05) is 5.75 Å². The number of aromatic nitrogens is 2. The van der Waals surface area contributed by atoms with Crippen molar-refractivity contribution in [2.45, 2.75) is 19.4 Å². The van der Waals surface area contributed by atoms with Gasteiger partial charge in [-0.3, -0.25) is 9.97 Å². The molecule has 0 bridgehead atoms. The number of rotatable bonds is 5. The van der Waals surface area contributed by atoms with Gasteiger partial charge < -0.3 is 10.3 Å². The van der Waals surface area contributed by atoms with Gasteiger partial charge in [0.05, 0.1) is 11.4 Å². The third-order valence-corrected chi connectivity index (χ3v) is 2.90. The lowest BCUT2D eigenvalue weighted by Crippen LogP contribution is -2.18. The highest BCUT2D eigenvalue weighted by molar-refractivity contribution is 7.79. The molecule has 5 nitrogen and oxygen atoms in total. The summed E-state index contributed by atoms with van der Waals surface area (Å²) in [6, 6.07) is -0.225. The minimum absolute atomic E-state index is 0.0906. The molecule has 0 aliphatic heterocycles. The van der Waals surface area contributed by atoms with Gasteiger partial charge in [-0.15, -0.1) is 0 Å². The molecule has 3 N–H and O–H groups in total. The maximum Gasteiger partial charge on any atom is 0.153 e. The van der Waals surface area contributed by atoms with Crippen LogP contribution in [0.5, 0.6) is 0 Å². The normalized spacial score (nSPS) is 17.0. The summed E-state index contributed by atoms with van der Waals surface area (Å²) >= 11 is -1.76. The average molecular weight is 229 g/mol. The molecule has 0 amide bonds. The van der Waals surface area contributed by atoms with Crippen LogP contribution in [0.2, 0.25) is 0 Å². The van der Waals surface area contributed by atoms with Gasteiger partial charge in [-0.25, -0.2) is 4.21 Å². The fourth-order valence-corrected chi connectivity index (χ4v) is 1.99. The molecule has 0 fully saturated rings. The third-order valence-electron chi connectivity index (χ3n) is 2.05. The van der Waals surface area contributed by atoms with E-state index in [2.05, 4.69) is 9.97 Å². The van der Waals surface area contributed by atoms with Gasteiger partial charge in [-0.05, 0) is 12.3 Å². The summed E-state index contributed by atoms with van der Waals surface area (Å²) in [6.07, 6.45) is 5.42. The smallest absolute Gasteiger partial charge is 0.153 e. The molecule has 6 heteroatoms. The van der Waals surface area contributed by atoms with Gasteiger partial charge in [0.25, 0.3) is 0 Å². The molecule has 0 aliphatic carbocycles. The summed E-state index contributed by atoms with van der Waals surface area (Å²) in [5.74, 6) is 0.335. The molecular weight excluding hydrogens is 214 g/mol. The van der Waals surface area contributed by atoms with Gasteiger partial charge in [0.15, 0.2) is 11.1 Å². The van der Waals surface area contributed by atoms with Gasteiger partial charge in [0.1, 0.15) is 0 Å². The molecule has 1 aromatic heterocycles. The van der Waals surface area contributed by atoms with Crippen LogP contribution in [0.15, 0.2) is 18.6 Å². The van der Waals surface area contributed by atoms with E-state index in [1.807, 2.05) is 6.92 Å². The highest BCUT2D eigenvalue weighted by Gasteiger charge is 2.13. The number of nitrogens with zero attached hydrogens (tertiary/aromatic N) is 2. The van der Waals surface area contributed by atoms with Gasteiger partial charge in [0, 0.05) is 24.6 Å². The lowest BCUT2D eigenvalue weighted by Gasteiger charge is -2.14. The Balaban J connectivity index is 2.49. The highest BCUT2D eigenvalue weighted by Crippen LogP contribution is 2.16. The Hall–Kier alpha value is -0.850. The zero-order valence-electron chi connectivity index (χ0n) is 8.54. The van der Waals surface area contributed by atoms with Crippen molar-refractivity contribution in [3.63, 3.8) is 0 Å². The van der Waals surface area contributed by atoms with Crippen LogP contribution < -0.4 is 5.73 Å². The van der Waals surface area contributed by atoms with Crippen LogP contribution in [0.1, 0.15) is 25.1 Å². The zero-order valence-corrected chi connectivity index (χ0v) is 9.35. The number of hydrogen-bond donors (Lipinski definition) is 2. The maximum atomic E-state index is 10.6. The van der Waals surface area contributed by atoms with Gasteiger partial charge >= 0.3 is 0 Å². The van der Waals surface area contributed by atoms with Crippen molar-refractivity contribution in [1.29, 1.82) is 0 Å². The molecular formula is C9H15N3O2S. The summed E-state index contributed by atoms with van der Waals surface area (Å²) in [7, 11) is 0. The molecule has 3 atom stereocenters. The molecule has 0 spiro atoms. The molecule has 0 aromatic carbocycles. The predicted octanol–water partition coefficient (Wildman–Crippen LogP) is 0.724. The number of nitrogens with two attached hydrogens (primary N) is 1. The minimum atomic E-state index is -1.76. The molecule has 1 heterocycles. The summed E-state index contributed by atoms with van der Waals surface area (Å²) in [6.45, 7) is 1.89. The van der Waals surface area contributed by atoms with Crippen LogP contribution in [0.25, 0.3) is 0 Å². The maximum absolute atomic E-state index is 10.6. The van der Waals surface area contributed by atoms with Crippen molar-refractivity contribution in [2.24, 2.45) is 11.7 Å². The quantitative estimate of drug-likeness (QED) is 0.726. The van der Waals surface area contributed by atoms with Crippen LogP contribution in [0, 0.1) is 5.92 Å². The molecule has 0 saturated carbocycles. The Bertz CT molecular complexity index is 320. The first-order valence-corrected chi connectivity index (χ1v) is 5.96. The van der Waals surface area contributed by atoms with Crippen molar-refractivity contribution in [3.8, 4) is 0 Å². The van der Waals surface area contributed by atoms with E-state index in [0.29, 0.717) is 12.1 Å². The zero-order chi connectivity index (χ0) is 11.3. The van der Waals surface area contributed by atoms with E-state index >= 15 is 0 Å². The molecule has 15 heavy (non-hydrogen) atoms. The minimum Gasteiger partial charge on any atom is -0.323 e. The van der Waals surface area contributed by atoms with E-state index in [4.69, 9.17) is 10.3 Å². The lowest BCUT2D eigenvalue weighted by molar-refractivity contribution is 0.486. The Labute approximate surface area is 91.4 Å². The van der Waals surface area contributed by atoms with E-state index in [-0.39, 0.29) is 17.7 Å². The molecule has 1 rings (SSSR count). The Morgan fingerprint density at radius 3 is 2.87 bits per heavy atom. The molecule has 84 valence electrons. The number of hydrogen-bond acceptors (Lipinski definition) is 4. The van der Waals surface area contributed by atoms with Crippen molar-refractivity contribution in [3.05, 3.63) is 24.3 Å². The van der Waals surface area contributed by atoms with E-state index in [1.54, 1.807) is 18.6 Å². The first kappa shape index (κ1) is 12.2. The predicted molar refractivity (Wildman–Crippen MR) is 58.4 cm³/mol. The molecule has 0 aliphatic rings. The second-order valence-corrected chi connectivity index (χ2v) is 4.54. The fourth-order valence-electron chi connectivity index (χ4n) is 1.37. The van der Waals surface area contributed by atoms with Crippen LogP contribution in [-0.4, -0.2) is 24.5 Å². The first-order valence-electron chi connectivity index (χ1n) is 4.68. The molecule has 1 aromatic rings. The monoisotopic (exact) mass is 229 g/mol. The van der Waals surface area contributed by atoms with E-state index < -0.39 is 11.1 Å². The summed E-state index contributed by atoms with van der Waals surface area (Å²) in [5, 5.41) is 0. The first-order chi connectivity index (χ1) is 7.09. The van der Waals surface area contributed by atoms with Gasteiger partial charge in [-0.2, -0.15) is 0 Å². The molecule has 0 radical (unpaired) electrons. The Kier molecular flexibility index (Phi) is 4.80. The Morgan fingerprint density at radius 1 is 1.60 bits per heavy atom. The average Bonchev–Trinajstić information content (AvgIpc) is 2.17. The second-order valence-electron chi connectivity index (χ2n) is 3.57. The van der Waals surface area contributed by atoms with Gasteiger partial charge in [-0.1, -0.05) is 6.92 Å². The SMILES string of the molecule is CC(CC(N)c1cnccn1)CS(=O)O. The van der Waals surface area contributed by atoms with E-state index in [0.717, 1.165) is 0 Å². The van der Waals surface area contributed by atoms with Crippen LogP contribution in [-0.2, 0) is 11.1 Å². The second kappa shape index (κ2) is 5.89. The third kappa shape index (κ3) is 4.46. The van der Waals surface area contributed by atoms with Crippen LogP contribution >= 0.6 is 0 Å². The van der Waals surface area contributed by atoms with Crippen molar-refractivity contribution < 1.29 is 8.76 Å². The Morgan fingerprint density at radius 2 is 2.33 bits per heavy atom. The lowest BCUT2D eigenvalue weighted by atomic mass is 10.0. The van der Waals surface area contributed by atoms with Crippen LogP contribution in [0.4, 0.5) is 0 Å². The molecule has 0 saturated heterocycles. The molecule has 3 unspecified atom stereocenters. The fraction of sp³-hybridized carbons (Fsp3) is 0.556. The summed E-state index contributed by atoms with van der Waals surface area (Å²) in [5.41, 5.74) is 6.60. The topological polar surface area (TPSA) is 89.1 Å². The van der Waals surface area contributed by atoms with Gasteiger partial charge in [0.2, 0.25) is 0 Å². The summed E-state index contributed by atoms with van der Waals surface area (Å²) < 4.78 is 19.3. The standard InChI is InChI=1S/C9H15N3O2S/c1-7(6-15(13)14)4-8(10)9-5-11-2-3-12-9/h2-3,5,7-8H,4,6,10H2,1H3,(H,13,14). The van der Waals surface area contributed by atoms with E-state index in [9.17, 15) is 4.21 Å². The van der Waals surface area contributed by atoms with Crippen molar-refractivity contribution >= 4 is 11.1 Å². The largest absolute Gasteiger partial charge is 0.323 e.